The number of rotatable bonds is 4. The van der Waals surface area contributed by atoms with E-state index in [1.165, 1.54) is 25.7 Å². The van der Waals surface area contributed by atoms with E-state index in [9.17, 15) is 4.79 Å². The van der Waals surface area contributed by atoms with Crippen LogP contribution in [0.2, 0.25) is 0 Å². The molecule has 1 aromatic rings. The van der Waals surface area contributed by atoms with E-state index >= 15 is 0 Å². The summed E-state index contributed by atoms with van der Waals surface area (Å²) in [6, 6.07) is 10.1. The molecule has 1 amide bonds. The first-order valence-corrected chi connectivity index (χ1v) is 7.95. The third-order valence-electron chi connectivity index (χ3n) is 4.48. The quantitative estimate of drug-likeness (QED) is 0.792. The Morgan fingerprint density at radius 2 is 1.81 bits per heavy atom. The lowest BCUT2D eigenvalue weighted by Crippen LogP contribution is -2.36. The van der Waals surface area contributed by atoms with Crippen molar-refractivity contribution in [3.05, 3.63) is 35.4 Å². The Hall–Kier alpha value is -1.82. The number of nitrogens with zero attached hydrogens (tertiary/aromatic N) is 2. The van der Waals surface area contributed by atoms with E-state index in [0.717, 1.165) is 24.8 Å². The Morgan fingerprint density at radius 1 is 1.19 bits per heavy atom. The molecule has 0 aromatic heterocycles. The predicted molar refractivity (Wildman–Crippen MR) is 83.7 cm³/mol. The van der Waals surface area contributed by atoms with Crippen LogP contribution in [0.1, 0.15) is 56.1 Å². The second kappa shape index (κ2) is 7.83. The standard InChI is InChI=1S/C18H24N2O/c1-20(17-6-4-2-3-5-7-17)18(21)13-12-15-8-10-16(14-19)11-9-15/h8-11,17H,2-7,12-13H2,1H3. The van der Waals surface area contributed by atoms with E-state index in [1.54, 1.807) is 0 Å². The molecular weight excluding hydrogens is 260 g/mol. The van der Waals surface area contributed by atoms with E-state index in [0.29, 0.717) is 18.0 Å². The first-order valence-electron chi connectivity index (χ1n) is 7.95. The van der Waals surface area contributed by atoms with Gasteiger partial charge in [0, 0.05) is 19.5 Å². The van der Waals surface area contributed by atoms with Crippen LogP contribution in [-0.4, -0.2) is 23.9 Å². The SMILES string of the molecule is CN(C(=O)CCc1ccc(C#N)cc1)C1CCCCCC1. The average molecular weight is 284 g/mol. The third-order valence-corrected chi connectivity index (χ3v) is 4.48. The first-order chi connectivity index (χ1) is 10.2. The van der Waals surface area contributed by atoms with Crippen LogP contribution in [0.25, 0.3) is 0 Å². The molecule has 0 spiro atoms. The fourth-order valence-corrected chi connectivity index (χ4v) is 3.02. The average Bonchev–Trinajstić information content (AvgIpc) is 2.81. The highest BCUT2D eigenvalue weighted by Gasteiger charge is 2.20. The molecule has 0 aliphatic heterocycles. The molecule has 0 heterocycles. The zero-order valence-electron chi connectivity index (χ0n) is 12.8. The third kappa shape index (κ3) is 4.60. The monoisotopic (exact) mass is 284 g/mol. The van der Waals surface area contributed by atoms with E-state index in [4.69, 9.17) is 5.26 Å². The van der Waals surface area contributed by atoms with Crippen LogP contribution < -0.4 is 0 Å². The molecule has 3 heteroatoms. The first kappa shape index (κ1) is 15.6. The summed E-state index contributed by atoms with van der Waals surface area (Å²) in [5.74, 6) is 0.242. The molecule has 1 aromatic carbocycles. The van der Waals surface area contributed by atoms with Crippen LogP contribution in [-0.2, 0) is 11.2 Å². The summed E-state index contributed by atoms with van der Waals surface area (Å²) < 4.78 is 0. The highest BCUT2D eigenvalue weighted by molar-refractivity contribution is 5.76. The molecule has 0 atom stereocenters. The number of aryl methyl sites for hydroxylation is 1. The van der Waals surface area contributed by atoms with Crippen LogP contribution in [0.5, 0.6) is 0 Å². The molecular formula is C18H24N2O. The van der Waals surface area contributed by atoms with Gasteiger partial charge >= 0.3 is 0 Å². The predicted octanol–water partition coefficient (Wildman–Crippen LogP) is 3.67. The minimum absolute atomic E-state index is 0.242. The zero-order valence-corrected chi connectivity index (χ0v) is 12.8. The zero-order chi connectivity index (χ0) is 15.1. The number of hydrogen-bond acceptors (Lipinski definition) is 2. The molecule has 1 saturated carbocycles. The molecule has 0 radical (unpaired) electrons. The Balaban J connectivity index is 1.83. The summed E-state index contributed by atoms with van der Waals surface area (Å²) >= 11 is 0. The minimum atomic E-state index is 0.242. The number of benzene rings is 1. The second-order valence-electron chi connectivity index (χ2n) is 5.96. The maximum Gasteiger partial charge on any atom is 0.222 e. The van der Waals surface area contributed by atoms with Crippen LogP contribution >= 0.6 is 0 Å². The summed E-state index contributed by atoms with van der Waals surface area (Å²) in [6.45, 7) is 0. The van der Waals surface area contributed by atoms with E-state index in [1.807, 2.05) is 36.2 Å². The number of nitriles is 1. The van der Waals surface area contributed by atoms with Gasteiger partial charge in [-0.1, -0.05) is 37.8 Å². The van der Waals surface area contributed by atoms with Gasteiger partial charge in [0.2, 0.25) is 5.91 Å². The summed E-state index contributed by atoms with van der Waals surface area (Å²) in [4.78, 5) is 14.3. The Kier molecular flexibility index (Phi) is 5.80. The van der Waals surface area contributed by atoms with Gasteiger partial charge in [-0.15, -0.1) is 0 Å². The number of amides is 1. The largest absolute Gasteiger partial charge is 0.343 e. The lowest BCUT2D eigenvalue weighted by atomic mass is 10.0. The number of carbonyl (C=O) groups excluding carboxylic acids is 1. The highest BCUT2D eigenvalue weighted by Crippen LogP contribution is 2.21. The highest BCUT2D eigenvalue weighted by atomic mass is 16.2. The Morgan fingerprint density at radius 3 is 2.38 bits per heavy atom. The molecule has 1 fully saturated rings. The van der Waals surface area contributed by atoms with Gasteiger partial charge in [-0.3, -0.25) is 4.79 Å². The number of hydrogen-bond donors (Lipinski definition) is 0. The number of carbonyl (C=O) groups is 1. The van der Waals surface area contributed by atoms with E-state index < -0.39 is 0 Å². The van der Waals surface area contributed by atoms with Crippen LogP contribution in [0, 0.1) is 11.3 Å². The van der Waals surface area contributed by atoms with Crippen molar-refractivity contribution in [1.29, 1.82) is 5.26 Å². The molecule has 21 heavy (non-hydrogen) atoms. The lowest BCUT2D eigenvalue weighted by molar-refractivity contribution is -0.132. The Bertz CT molecular complexity index is 493. The van der Waals surface area contributed by atoms with Crippen molar-refractivity contribution in [3.8, 4) is 6.07 Å². The topological polar surface area (TPSA) is 44.1 Å². The molecule has 2 rings (SSSR count). The second-order valence-corrected chi connectivity index (χ2v) is 5.96. The molecule has 0 N–H and O–H groups in total. The molecule has 1 aliphatic carbocycles. The van der Waals surface area contributed by atoms with Gasteiger partial charge in [0.15, 0.2) is 0 Å². The summed E-state index contributed by atoms with van der Waals surface area (Å²) in [5, 5.41) is 8.78. The van der Waals surface area contributed by atoms with Gasteiger partial charge < -0.3 is 4.90 Å². The van der Waals surface area contributed by atoms with Gasteiger partial charge in [-0.2, -0.15) is 5.26 Å². The van der Waals surface area contributed by atoms with E-state index in [2.05, 4.69) is 6.07 Å². The van der Waals surface area contributed by atoms with Crippen molar-refractivity contribution in [2.75, 3.05) is 7.05 Å². The van der Waals surface area contributed by atoms with Gasteiger partial charge in [0.05, 0.1) is 11.6 Å². The molecule has 112 valence electrons. The van der Waals surface area contributed by atoms with Crippen molar-refractivity contribution in [2.45, 2.75) is 57.4 Å². The fraction of sp³-hybridized carbons (Fsp3) is 0.556. The Labute approximate surface area is 127 Å². The molecule has 3 nitrogen and oxygen atoms in total. The normalized spacial score (nSPS) is 16.0. The van der Waals surface area contributed by atoms with Gasteiger partial charge in [0.25, 0.3) is 0 Å². The van der Waals surface area contributed by atoms with Gasteiger partial charge in [0.1, 0.15) is 0 Å². The van der Waals surface area contributed by atoms with Crippen LogP contribution in [0.15, 0.2) is 24.3 Å². The van der Waals surface area contributed by atoms with Gasteiger partial charge in [-0.05, 0) is 37.0 Å². The van der Waals surface area contributed by atoms with E-state index in [-0.39, 0.29) is 5.91 Å². The maximum atomic E-state index is 12.3. The van der Waals surface area contributed by atoms with Crippen molar-refractivity contribution in [3.63, 3.8) is 0 Å². The fourth-order valence-electron chi connectivity index (χ4n) is 3.02. The smallest absolute Gasteiger partial charge is 0.222 e. The molecule has 0 unspecified atom stereocenters. The molecule has 0 bridgehead atoms. The van der Waals surface area contributed by atoms with Crippen molar-refractivity contribution in [2.24, 2.45) is 0 Å². The summed E-state index contributed by atoms with van der Waals surface area (Å²) in [6.07, 6.45) is 8.72. The molecule has 1 aliphatic rings. The van der Waals surface area contributed by atoms with Gasteiger partial charge in [-0.25, -0.2) is 0 Å². The van der Waals surface area contributed by atoms with Crippen LogP contribution in [0.4, 0.5) is 0 Å². The molecule has 0 saturated heterocycles. The van der Waals surface area contributed by atoms with Crippen LogP contribution in [0.3, 0.4) is 0 Å². The van der Waals surface area contributed by atoms with Crippen molar-refractivity contribution < 1.29 is 4.79 Å². The minimum Gasteiger partial charge on any atom is -0.343 e. The lowest BCUT2D eigenvalue weighted by Gasteiger charge is -2.27. The summed E-state index contributed by atoms with van der Waals surface area (Å²) in [5.41, 5.74) is 1.79. The van der Waals surface area contributed by atoms with Crippen molar-refractivity contribution >= 4 is 5.91 Å². The summed E-state index contributed by atoms with van der Waals surface area (Å²) in [7, 11) is 1.96. The van der Waals surface area contributed by atoms with Crippen molar-refractivity contribution in [1.82, 2.24) is 4.90 Å². The maximum absolute atomic E-state index is 12.3.